The molecule has 78 valence electrons. The van der Waals surface area contributed by atoms with E-state index in [4.69, 9.17) is 12.2 Å². The highest BCUT2D eigenvalue weighted by Gasteiger charge is 2.21. The van der Waals surface area contributed by atoms with Crippen LogP contribution >= 0.6 is 12.2 Å². The van der Waals surface area contributed by atoms with Gasteiger partial charge in [-0.1, -0.05) is 42.5 Å². The Morgan fingerprint density at radius 2 is 1.73 bits per heavy atom. The molecule has 0 unspecified atom stereocenters. The number of Topliss-reactive ketones (excluding diaryl/α,β-unsaturated/α-hetero) is 1. The molecule has 0 radical (unpaired) electrons. The second-order valence-electron chi connectivity index (χ2n) is 3.69. The summed E-state index contributed by atoms with van der Waals surface area (Å²) < 4.78 is 0. The average Bonchev–Trinajstić information content (AvgIpc) is 2.82. The van der Waals surface area contributed by atoms with E-state index in [2.05, 4.69) is 0 Å². The van der Waals surface area contributed by atoms with Crippen LogP contribution in [-0.4, -0.2) is 28.8 Å². The number of nitrogens with zero attached hydrogens (tertiary/aromatic N) is 1. The summed E-state index contributed by atoms with van der Waals surface area (Å²) in [6.07, 6.45) is 2.28. The van der Waals surface area contributed by atoms with Crippen molar-refractivity contribution in [2.24, 2.45) is 0 Å². The van der Waals surface area contributed by atoms with Gasteiger partial charge in [-0.25, -0.2) is 0 Å². The number of carbonyl (C=O) groups is 1. The number of hydrogen-bond acceptors (Lipinski definition) is 2. The standard InChI is InChI=1S/C12H13NOS/c14-11(10-6-2-1-3-7-10)12(15)13-8-4-5-9-13/h1-3,6-7H,4-5,8-9H2. The molecule has 0 aromatic heterocycles. The Balaban J connectivity index is 2.11. The minimum atomic E-state index is -0.0208. The molecule has 1 aliphatic rings. The second-order valence-corrected chi connectivity index (χ2v) is 4.08. The second kappa shape index (κ2) is 4.53. The van der Waals surface area contributed by atoms with Crippen LogP contribution < -0.4 is 0 Å². The van der Waals surface area contributed by atoms with Crippen molar-refractivity contribution in [3.05, 3.63) is 35.9 Å². The summed E-state index contributed by atoms with van der Waals surface area (Å²) >= 11 is 5.19. The summed E-state index contributed by atoms with van der Waals surface area (Å²) in [5.41, 5.74) is 0.689. The van der Waals surface area contributed by atoms with Gasteiger partial charge in [-0.05, 0) is 12.8 Å². The SMILES string of the molecule is O=C(C(=S)N1CCCC1)c1ccccc1. The molecule has 1 fully saturated rings. The number of hydrogen-bond donors (Lipinski definition) is 0. The Kier molecular flexibility index (Phi) is 3.11. The Morgan fingerprint density at radius 3 is 2.33 bits per heavy atom. The molecular weight excluding hydrogens is 206 g/mol. The third-order valence-corrected chi connectivity index (χ3v) is 3.07. The molecular formula is C12H13NOS. The van der Waals surface area contributed by atoms with Gasteiger partial charge < -0.3 is 4.90 Å². The zero-order valence-electron chi connectivity index (χ0n) is 8.48. The Hall–Kier alpha value is -1.22. The molecule has 0 aliphatic carbocycles. The quantitative estimate of drug-likeness (QED) is 0.562. The third-order valence-electron chi connectivity index (χ3n) is 2.62. The van der Waals surface area contributed by atoms with Crippen LogP contribution in [0.2, 0.25) is 0 Å². The summed E-state index contributed by atoms with van der Waals surface area (Å²) in [7, 11) is 0. The van der Waals surface area contributed by atoms with E-state index < -0.39 is 0 Å². The van der Waals surface area contributed by atoms with E-state index in [-0.39, 0.29) is 5.78 Å². The fraction of sp³-hybridized carbons (Fsp3) is 0.333. The number of likely N-dealkylation sites (tertiary alicyclic amines) is 1. The molecule has 1 aromatic rings. The molecule has 0 N–H and O–H groups in total. The van der Waals surface area contributed by atoms with E-state index in [9.17, 15) is 4.79 Å². The number of carbonyl (C=O) groups excluding carboxylic acids is 1. The molecule has 1 heterocycles. The van der Waals surface area contributed by atoms with Crippen LogP contribution in [0.5, 0.6) is 0 Å². The Bertz CT molecular complexity index is 368. The molecule has 0 spiro atoms. The van der Waals surface area contributed by atoms with Gasteiger partial charge in [0, 0.05) is 18.7 Å². The van der Waals surface area contributed by atoms with Crippen molar-refractivity contribution in [3.63, 3.8) is 0 Å². The fourth-order valence-electron chi connectivity index (χ4n) is 1.78. The maximum Gasteiger partial charge on any atom is 0.220 e. The predicted molar refractivity (Wildman–Crippen MR) is 64.2 cm³/mol. The zero-order valence-corrected chi connectivity index (χ0v) is 9.30. The molecule has 2 rings (SSSR count). The number of thiocarbonyl (C=S) groups is 1. The molecule has 0 atom stereocenters. The van der Waals surface area contributed by atoms with Crippen molar-refractivity contribution >= 4 is 23.0 Å². The summed E-state index contributed by atoms with van der Waals surface area (Å²) in [4.78, 5) is 14.4. The minimum absolute atomic E-state index is 0.0208. The lowest BCUT2D eigenvalue weighted by atomic mass is 10.1. The van der Waals surface area contributed by atoms with E-state index in [1.807, 2.05) is 35.2 Å². The minimum Gasteiger partial charge on any atom is -0.360 e. The highest BCUT2D eigenvalue weighted by Crippen LogP contribution is 2.11. The van der Waals surface area contributed by atoms with Crippen molar-refractivity contribution in [1.29, 1.82) is 0 Å². The van der Waals surface area contributed by atoms with Gasteiger partial charge in [-0.2, -0.15) is 0 Å². The van der Waals surface area contributed by atoms with Gasteiger partial charge in [-0.15, -0.1) is 0 Å². The molecule has 15 heavy (non-hydrogen) atoms. The first kappa shape index (κ1) is 10.3. The number of ketones is 1. The van der Waals surface area contributed by atoms with Gasteiger partial charge in [0.2, 0.25) is 5.78 Å². The van der Waals surface area contributed by atoms with Crippen LogP contribution in [-0.2, 0) is 0 Å². The van der Waals surface area contributed by atoms with Crippen molar-refractivity contribution < 1.29 is 4.79 Å². The van der Waals surface area contributed by atoms with Gasteiger partial charge >= 0.3 is 0 Å². The maximum atomic E-state index is 11.9. The van der Waals surface area contributed by atoms with E-state index in [0.717, 1.165) is 25.9 Å². The Morgan fingerprint density at radius 1 is 1.13 bits per heavy atom. The number of rotatable bonds is 2. The first-order valence-corrected chi connectivity index (χ1v) is 5.58. The molecule has 1 aliphatic heterocycles. The lowest BCUT2D eigenvalue weighted by molar-refractivity contribution is 0.105. The van der Waals surface area contributed by atoms with Gasteiger partial charge in [-0.3, -0.25) is 4.79 Å². The van der Waals surface area contributed by atoms with Crippen LogP contribution in [0.3, 0.4) is 0 Å². The smallest absolute Gasteiger partial charge is 0.220 e. The normalized spacial score (nSPS) is 15.3. The van der Waals surface area contributed by atoms with Crippen LogP contribution in [0.25, 0.3) is 0 Å². The van der Waals surface area contributed by atoms with Crippen LogP contribution in [0, 0.1) is 0 Å². The average molecular weight is 219 g/mol. The lowest BCUT2D eigenvalue weighted by Gasteiger charge is -2.16. The van der Waals surface area contributed by atoms with E-state index in [1.165, 1.54) is 0 Å². The Labute approximate surface area is 94.9 Å². The highest BCUT2D eigenvalue weighted by atomic mass is 32.1. The van der Waals surface area contributed by atoms with Gasteiger partial charge in [0.1, 0.15) is 0 Å². The summed E-state index contributed by atoms with van der Waals surface area (Å²) in [5, 5.41) is 0. The monoisotopic (exact) mass is 219 g/mol. The van der Waals surface area contributed by atoms with Gasteiger partial charge in [0.05, 0.1) is 0 Å². The fourth-order valence-corrected chi connectivity index (χ4v) is 2.08. The molecule has 2 nitrogen and oxygen atoms in total. The highest BCUT2D eigenvalue weighted by molar-refractivity contribution is 7.82. The van der Waals surface area contributed by atoms with Crippen molar-refractivity contribution in [3.8, 4) is 0 Å². The van der Waals surface area contributed by atoms with E-state index in [1.54, 1.807) is 0 Å². The summed E-state index contributed by atoms with van der Waals surface area (Å²) in [5.74, 6) is -0.0208. The van der Waals surface area contributed by atoms with Crippen LogP contribution in [0.15, 0.2) is 30.3 Å². The molecule has 0 bridgehead atoms. The van der Waals surface area contributed by atoms with Crippen molar-refractivity contribution in [1.82, 2.24) is 4.90 Å². The summed E-state index contributed by atoms with van der Waals surface area (Å²) in [6, 6.07) is 9.24. The first-order valence-electron chi connectivity index (χ1n) is 5.17. The zero-order chi connectivity index (χ0) is 10.7. The summed E-state index contributed by atoms with van der Waals surface area (Å²) in [6.45, 7) is 1.86. The van der Waals surface area contributed by atoms with Gasteiger partial charge in [0.15, 0.2) is 4.99 Å². The third kappa shape index (κ3) is 2.23. The molecule has 3 heteroatoms. The molecule has 1 aromatic carbocycles. The predicted octanol–water partition coefficient (Wildman–Crippen LogP) is 2.29. The van der Waals surface area contributed by atoms with E-state index >= 15 is 0 Å². The van der Waals surface area contributed by atoms with Gasteiger partial charge in [0.25, 0.3) is 0 Å². The van der Waals surface area contributed by atoms with Crippen molar-refractivity contribution in [2.75, 3.05) is 13.1 Å². The van der Waals surface area contributed by atoms with Crippen LogP contribution in [0.1, 0.15) is 23.2 Å². The first-order chi connectivity index (χ1) is 7.29. The number of benzene rings is 1. The molecule has 1 saturated heterocycles. The van der Waals surface area contributed by atoms with Crippen molar-refractivity contribution in [2.45, 2.75) is 12.8 Å². The largest absolute Gasteiger partial charge is 0.360 e. The topological polar surface area (TPSA) is 20.3 Å². The maximum absolute atomic E-state index is 11.9. The molecule has 0 amide bonds. The van der Waals surface area contributed by atoms with E-state index in [0.29, 0.717) is 10.6 Å². The van der Waals surface area contributed by atoms with Crippen LogP contribution in [0.4, 0.5) is 0 Å². The lowest BCUT2D eigenvalue weighted by Crippen LogP contribution is -2.32. The molecule has 0 saturated carbocycles.